The van der Waals surface area contributed by atoms with Gasteiger partial charge in [-0.05, 0) is 17.2 Å². The van der Waals surface area contributed by atoms with Crippen molar-refractivity contribution in [1.29, 1.82) is 0 Å². The molecular formula is C20H18Cl2NP. The first-order chi connectivity index (χ1) is 11.7. The zero-order valence-electron chi connectivity index (χ0n) is 13.1. The molecule has 0 aliphatic heterocycles. The van der Waals surface area contributed by atoms with Crippen molar-refractivity contribution in [3.8, 4) is 0 Å². The quantitative estimate of drug-likeness (QED) is 0.457. The highest BCUT2D eigenvalue weighted by atomic mass is 35.9. The van der Waals surface area contributed by atoms with Crippen LogP contribution in [0, 0.1) is 0 Å². The predicted molar refractivity (Wildman–Crippen MR) is 107 cm³/mol. The highest BCUT2D eigenvalue weighted by molar-refractivity contribution is 8.09. The van der Waals surface area contributed by atoms with Crippen LogP contribution >= 0.6 is 29.1 Å². The Hall–Kier alpha value is -1.53. The maximum Gasteiger partial charge on any atom is 0.119 e. The molecule has 0 radical (unpaired) electrons. The van der Waals surface area contributed by atoms with Gasteiger partial charge in [0.15, 0.2) is 0 Å². The zero-order chi connectivity index (χ0) is 16.8. The molecule has 0 bridgehead atoms. The van der Waals surface area contributed by atoms with E-state index in [0.717, 1.165) is 24.1 Å². The average Bonchev–Trinajstić information content (AvgIpc) is 2.63. The fourth-order valence-electron chi connectivity index (χ4n) is 2.71. The molecule has 24 heavy (non-hydrogen) atoms. The number of halogens is 2. The molecule has 0 amide bonds. The highest BCUT2D eigenvalue weighted by Crippen LogP contribution is 2.48. The number of rotatable bonds is 6. The summed E-state index contributed by atoms with van der Waals surface area (Å²) in [5.41, 5.74) is 3.62. The second-order valence-corrected chi connectivity index (χ2v) is 9.04. The van der Waals surface area contributed by atoms with Gasteiger partial charge in [0.25, 0.3) is 0 Å². The summed E-state index contributed by atoms with van der Waals surface area (Å²) in [6.07, 6.45) is 0. The van der Waals surface area contributed by atoms with Crippen molar-refractivity contribution < 1.29 is 0 Å². The Labute approximate surface area is 154 Å². The Bertz CT molecular complexity index is 721. The van der Waals surface area contributed by atoms with Crippen LogP contribution in [-0.2, 0) is 13.1 Å². The lowest BCUT2D eigenvalue weighted by Crippen LogP contribution is -2.26. The third kappa shape index (κ3) is 4.51. The van der Waals surface area contributed by atoms with E-state index in [1.54, 1.807) is 0 Å². The van der Waals surface area contributed by atoms with Gasteiger partial charge >= 0.3 is 0 Å². The zero-order valence-corrected chi connectivity index (χ0v) is 15.6. The van der Waals surface area contributed by atoms with Crippen molar-refractivity contribution >= 4 is 40.1 Å². The minimum atomic E-state index is -1.20. The summed E-state index contributed by atoms with van der Waals surface area (Å²) in [5.74, 6) is 0. The van der Waals surface area contributed by atoms with Crippen LogP contribution in [0.5, 0.6) is 0 Å². The van der Waals surface area contributed by atoms with E-state index in [0.29, 0.717) is 0 Å². The summed E-state index contributed by atoms with van der Waals surface area (Å²) in [4.78, 5) is 2.33. The molecule has 122 valence electrons. The molecule has 4 heteroatoms. The lowest BCUT2D eigenvalue weighted by molar-refractivity contribution is 0.803. The number of hydrogen-bond donors (Lipinski definition) is 0. The van der Waals surface area contributed by atoms with Gasteiger partial charge in [0.2, 0.25) is 0 Å². The minimum absolute atomic E-state index is 0.809. The first-order valence-electron chi connectivity index (χ1n) is 7.77. The molecule has 0 heterocycles. The van der Waals surface area contributed by atoms with Crippen LogP contribution in [0.15, 0.2) is 84.9 Å². The van der Waals surface area contributed by atoms with Gasteiger partial charge in [-0.1, -0.05) is 101 Å². The van der Waals surface area contributed by atoms with E-state index >= 15 is 0 Å². The van der Waals surface area contributed by atoms with E-state index in [-0.39, 0.29) is 0 Å². The second-order valence-electron chi connectivity index (χ2n) is 5.55. The van der Waals surface area contributed by atoms with Gasteiger partial charge < -0.3 is 4.90 Å². The molecule has 3 rings (SSSR count). The van der Waals surface area contributed by atoms with Gasteiger partial charge in [0.1, 0.15) is 6.63 Å². The lowest BCUT2D eigenvalue weighted by atomic mass is 10.1. The molecule has 0 saturated heterocycles. The molecule has 0 atom stereocenters. The van der Waals surface area contributed by atoms with Gasteiger partial charge in [-0.3, -0.25) is 0 Å². The summed E-state index contributed by atoms with van der Waals surface area (Å²) < 4.78 is 0. The summed E-state index contributed by atoms with van der Waals surface area (Å²) in [6.45, 7) is 0.423. The molecule has 0 N–H and O–H groups in total. The van der Waals surface area contributed by atoms with E-state index in [9.17, 15) is 0 Å². The van der Waals surface area contributed by atoms with E-state index in [1.165, 1.54) is 11.1 Å². The van der Waals surface area contributed by atoms with Crippen LogP contribution in [0.3, 0.4) is 0 Å². The molecule has 0 fully saturated rings. The molecule has 0 spiro atoms. The van der Waals surface area contributed by atoms with Gasteiger partial charge in [-0.15, -0.1) is 0 Å². The molecule has 1 nitrogen and oxygen atoms in total. The molecule has 0 saturated carbocycles. The normalized spacial score (nSPS) is 10.8. The smallest absolute Gasteiger partial charge is 0.119 e. The van der Waals surface area contributed by atoms with Gasteiger partial charge in [-0.2, -0.15) is 0 Å². The Morgan fingerprint density at radius 3 is 1.58 bits per heavy atom. The molecule has 0 aliphatic carbocycles. The molecule has 3 aromatic carbocycles. The fourth-order valence-corrected chi connectivity index (χ4v) is 4.15. The third-order valence-corrected chi connectivity index (χ3v) is 5.67. The maximum absolute atomic E-state index is 6.26. The Morgan fingerprint density at radius 2 is 1.08 bits per heavy atom. The predicted octanol–water partition coefficient (Wildman–Crippen LogP) is 6.31. The topological polar surface area (TPSA) is 3.24 Å². The van der Waals surface area contributed by atoms with E-state index in [1.807, 2.05) is 30.3 Å². The van der Waals surface area contributed by atoms with E-state index in [4.69, 9.17) is 22.5 Å². The molecule has 0 aromatic heterocycles. The Kier molecular flexibility index (Phi) is 6.15. The van der Waals surface area contributed by atoms with Crippen LogP contribution in [0.1, 0.15) is 11.1 Å². The van der Waals surface area contributed by atoms with Crippen LogP contribution in [0.2, 0.25) is 0 Å². The van der Waals surface area contributed by atoms with Crippen LogP contribution in [0.4, 0.5) is 5.69 Å². The van der Waals surface area contributed by atoms with E-state index < -0.39 is 6.63 Å². The number of benzene rings is 3. The highest BCUT2D eigenvalue weighted by Gasteiger charge is 2.16. The van der Waals surface area contributed by atoms with Gasteiger partial charge in [0, 0.05) is 24.1 Å². The standard InChI is InChI=1S/C20H18Cl2NP/c21-24(22)20-14-8-7-13-19(20)23(15-17-9-3-1-4-10-17)16-18-11-5-2-6-12-18/h1-14H,15-16H2. The van der Waals surface area contributed by atoms with Gasteiger partial charge in [0.05, 0.1) is 0 Å². The number of nitrogens with zero attached hydrogens (tertiary/aromatic N) is 1. The van der Waals surface area contributed by atoms with Crippen LogP contribution < -0.4 is 10.2 Å². The first-order valence-corrected chi connectivity index (χ1v) is 10.9. The summed E-state index contributed by atoms with van der Waals surface area (Å²) in [5, 5.41) is 1.00. The first kappa shape index (κ1) is 17.3. The summed E-state index contributed by atoms with van der Waals surface area (Å²) >= 11 is 12.5. The van der Waals surface area contributed by atoms with Crippen molar-refractivity contribution in [3.63, 3.8) is 0 Å². The summed E-state index contributed by atoms with van der Waals surface area (Å²) in [7, 11) is 0. The monoisotopic (exact) mass is 373 g/mol. The fraction of sp³-hybridized carbons (Fsp3) is 0.100. The molecule has 3 aromatic rings. The van der Waals surface area contributed by atoms with Crippen molar-refractivity contribution in [2.75, 3.05) is 4.90 Å². The van der Waals surface area contributed by atoms with Gasteiger partial charge in [-0.25, -0.2) is 0 Å². The Balaban J connectivity index is 1.95. The van der Waals surface area contributed by atoms with E-state index in [2.05, 4.69) is 59.5 Å². The second kappa shape index (κ2) is 8.53. The SMILES string of the molecule is ClP(Cl)c1ccccc1N(Cc1ccccc1)Cc1ccccc1. The largest absolute Gasteiger partial charge is 0.362 e. The number of para-hydroxylation sites is 1. The van der Waals surface area contributed by atoms with Crippen molar-refractivity contribution in [1.82, 2.24) is 0 Å². The molecular weight excluding hydrogens is 356 g/mol. The maximum atomic E-state index is 6.26. The van der Waals surface area contributed by atoms with Crippen molar-refractivity contribution in [2.45, 2.75) is 13.1 Å². The number of anilines is 1. The lowest BCUT2D eigenvalue weighted by Gasteiger charge is -2.27. The van der Waals surface area contributed by atoms with Crippen molar-refractivity contribution in [3.05, 3.63) is 96.1 Å². The molecule has 0 aliphatic rings. The van der Waals surface area contributed by atoms with Crippen LogP contribution in [-0.4, -0.2) is 0 Å². The minimum Gasteiger partial charge on any atom is -0.362 e. The Morgan fingerprint density at radius 1 is 0.625 bits per heavy atom. The number of hydrogen-bond acceptors (Lipinski definition) is 1. The third-order valence-electron chi connectivity index (χ3n) is 3.84. The molecule has 0 unspecified atom stereocenters. The van der Waals surface area contributed by atoms with Crippen LogP contribution in [0.25, 0.3) is 0 Å². The summed E-state index contributed by atoms with van der Waals surface area (Å²) in [6, 6.07) is 29.1. The van der Waals surface area contributed by atoms with Crippen molar-refractivity contribution in [2.24, 2.45) is 0 Å². The average molecular weight is 374 g/mol.